The third-order valence-electron chi connectivity index (χ3n) is 2.44. The zero-order valence-electron chi connectivity index (χ0n) is 9.42. The van der Waals surface area contributed by atoms with Gasteiger partial charge < -0.3 is 4.57 Å². The molecule has 1 aromatic heterocycles. The lowest BCUT2D eigenvalue weighted by Crippen LogP contribution is -2.15. The molecule has 0 saturated carbocycles. The van der Waals surface area contributed by atoms with E-state index in [-0.39, 0.29) is 0 Å². The van der Waals surface area contributed by atoms with Crippen molar-refractivity contribution in [2.75, 3.05) is 0 Å². The van der Waals surface area contributed by atoms with E-state index in [1.165, 1.54) is 4.57 Å². The van der Waals surface area contributed by atoms with Crippen LogP contribution in [0.3, 0.4) is 0 Å². The van der Waals surface area contributed by atoms with Crippen molar-refractivity contribution in [2.45, 2.75) is 0 Å². The molecule has 0 spiro atoms. The van der Waals surface area contributed by atoms with Crippen LogP contribution < -0.4 is 5.43 Å². The number of aromatic nitrogens is 1. The number of pyridine rings is 1. The van der Waals surface area contributed by atoms with Gasteiger partial charge in [-0.2, -0.15) is 0 Å². The third-order valence-corrected chi connectivity index (χ3v) is 2.44. The van der Waals surface area contributed by atoms with Gasteiger partial charge >= 0.3 is 16.8 Å². The Morgan fingerprint density at radius 1 is 0.895 bits per heavy atom. The summed E-state index contributed by atoms with van der Waals surface area (Å²) < 4.78 is 1.18. The molecule has 8 heteroatoms. The third kappa shape index (κ3) is 2.32. The van der Waals surface area contributed by atoms with Crippen LogP contribution in [0.15, 0.2) is 47.5 Å². The Bertz CT molecular complexity index is 670. The van der Waals surface area contributed by atoms with Crippen molar-refractivity contribution in [3.05, 3.63) is 73.2 Å². The molecule has 0 aliphatic carbocycles. The Balaban J connectivity index is 2.74. The molecule has 1 aromatic carbocycles. The highest BCUT2D eigenvalue weighted by molar-refractivity contribution is 5.44. The molecule has 2 aromatic rings. The smallest absolute Gasteiger partial charge is 0.310 e. The first-order chi connectivity index (χ1) is 9.00. The normalized spacial score (nSPS) is 10.1. The molecule has 0 saturated heterocycles. The van der Waals surface area contributed by atoms with E-state index in [0.29, 0.717) is 5.69 Å². The van der Waals surface area contributed by atoms with Gasteiger partial charge in [0.15, 0.2) is 0 Å². The maximum Gasteiger partial charge on any atom is 0.340 e. The molecule has 19 heavy (non-hydrogen) atoms. The summed E-state index contributed by atoms with van der Waals surface area (Å²) in [5, 5.41) is 21.5. The van der Waals surface area contributed by atoms with Crippen LogP contribution in [0.1, 0.15) is 0 Å². The maximum atomic E-state index is 11.5. The molecule has 0 unspecified atom stereocenters. The van der Waals surface area contributed by atoms with Gasteiger partial charge in [-0.1, -0.05) is 18.2 Å². The van der Waals surface area contributed by atoms with E-state index in [9.17, 15) is 25.0 Å². The number of hydrogen-bond donors (Lipinski definition) is 0. The highest BCUT2D eigenvalue weighted by Crippen LogP contribution is 2.16. The van der Waals surface area contributed by atoms with Crippen LogP contribution in [0.25, 0.3) is 5.69 Å². The minimum atomic E-state index is -1.21. The van der Waals surface area contributed by atoms with Crippen LogP contribution in [0.2, 0.25) is 0 Å². The highest BCUT2D eigenvalue weighted by Gasteiger charge is 2.24. The van der Waals surface area contributed by atoms with Crippen molar-refractivity contribution < 1.29 is 9.85 Å². The molecular weight excluding hydrogens is 254 g/mol. The van der Waals surface area contributed by atoms with Crippen molar-refractivity contribution in [3.8, 4) is 5.69 Å². The second kappa shape index (κ2) is 4.69. The summed E-state index contributed by atoms with van der Waals surface area (Å²) in [6, 6.07) is 8.29. The molecule has 0 fully saturated rings. The van der Waals surface area contributed by atoms with Crippen molar-refractivity contribution >= 4 is 11.4 Å². The molecule has 0 atom stereocenters. The molecule has 8 nitrogen and oxygen atoms in total. The Hall–Kier alpha value is -3.03. The van der Waals surface area contributed by atoms with Crippen LogP contribution >= 0.6 is 0 Å². The number of benzene rings is 1. The van der Waals surface area contributed by atoms with Crippen LogP contribution in [-0.4, -0.2) is 14.4 Å². The Morgan fingerprint density at radius 2 is 1.37 bits per heavy atom. The van der Waals surface area contributed by atoms with Crippen LogP contribution in [0.5, 0.6) is 0 Å². The molecule has 0 aliphatic heterocycles. The number of nitrogens with zero attached hydrogens (tertiary/aromatic N) is 3. The van der Waals surface area contributed by atoms with Crippen molar-refractivity contribution in [2.24, 2.45) is 0 Å². The molecule has 2 rings (SSSR count). The summed E-state index contributed by atoms with van der Waals surface area (Å²) in [5.41, 5.74) is -2.40. The Labute approximate surface area is 105 Å². The number of nitro groups is 2. The Morgan fingerprint density at radius 3 is 1.79 bits per heavy atom. The zero-order valence-corrected chi connectivity index (χ0v) is 9.42. The number of hydrogen-bond acceptors (Lipinski definition) is 5. The molecular formula is C11H7N3O5. The topological polar surface area (TPSA) is 108 Å². The SMILES string of the molecule is O=c1c([N+](=O)[O-])cn(-c2ccccc2)cc1[N+](=O)[O-]. The predicted octanol–water partition coefficient (Wildman–Crippen LogP) is 1.65. The summed E-state index contributed by atoms with van der Waals surface area (Å²) in [4.78, 5) is 31.2. The van der Waals surface area contributed by atoms with Gasteiger partial charge in [-0.25, -0.2) is 0 Å². The average molecular weight is 261 g/mol. The molecule has 0 aliphatic rings. The molecule has 1 heterocycles. The van der Waals surface area contributed by atoms with E-state index in [0.717, 1.165) is 12.4 Å². The number of rotatable bonds is 3. The first-order valence-corrected chi connectivity index (χ1v) is 5.11. The van der Waals surface area contributed by atoms with Gasteiger partial charge in [0, 0.05) is 5.69 Å². The van der Waals surface area contributed by atoms with E-state index in [4.69, 9.17) is 0 Å². The van der Waals surface area contributed by atoms with Crippen LogP contribution in [0, 0.1) is 20.2 Å². The summed E-state index contributed by atoms with van der Waals surface area (Å²) in [6.45, 7) is 0. The van der Waals surface area contributed by atoms with E-state index < -0.39 is 26.7 Å². The summed E-state index contributed by atoms with van der Waals surface area (Å²) >= 11 is 0. The lowest BCUT2D eigenvalue weighted by molar-refractivity contribution is -0.397. The fourth-order valence-corrected chi connectivity index (χ4v) is 1.56. The quantitative estimate of drug-likeness (QED) is 0.616. The highest BCUT2D eigenvalue weighted by atomic mass is 16.6. The lowest BCUT2D eigenvalue weighted by atomic mass is 10.3. The van der Waals surface area contributed by atoms with E-state index >= 15 is 0 Å². The minimum absolute atomic E-state index is 0.480. The van der Waals surface area contributed by atoms with Gasteiger partial charge in [-0.3, -0.25) is 25.0 Å². The fourth-order valence-electron chi connectivity index (χ4n) is 1.56. The zero-order chi connectivity index (χ0) is 14.0. The van der Waals surface area contributed by atoms with Gasteiger partial charge in [0.05, 0.1) is 22.2 Å². The summed E-state index contributed by atoms with van der Waals surface area (Å²) in [5.74, 6) is 0. The molecule has 0 bridgehead atoms. The molecule has 96 valence electrons. The predicted molar refractivity (Wildman–Crippen MR) is 65.3 cm³/mol. The van der Waals surface area contributed by atoms with E-state index in [1.54, 1.807) is 30.3 Å². The monoisotopic (exact) mass is 261 g/mol. The van der Waals surface area contributed by atoms with Gasteiger partial charge in [-0.15, -0.1) is 0 Å². The van der Waals surface area contributed by atoms with Crippen LogP contribution in [-0.2, 0) is 0 Å². The molecule has 0 radical (unpaired) electrons. The number of para-hydroxylation sites is 1. The van der Waals surface area contributed by atoms with Crippen molar-refractivity contribution in [3.63, 3.8) is 0 Å². The molecule has 0 N–H and O–H groups in total. The lowest BCUT2D eigenvalue weighted by Gasteiger charge is -2.05. The van der Waals surface area contributed by atoms with Gasteiger partial charge in [-0.05, 0) is 12.1 Å². The molecule has 0 amide bonds. The largest absolute Gasteiger partial charge is 0.340 e. The second-order valence-electron chi connectivity index (χ2n) is 3.61. The summed E-state index contributed by atoms with van der Waals surface area (Å²) in [7, 11) is 0. The van der Waals surface area contributed by atoms with Crippen molar-refractivity contribution in [1.29, 1.82) is 0 Å². The fraction of sp³-hybridized carbons (Fsp3) is 0. The van der Waals surface area contributed by atoms with Crippen molar-refractivity contribution in [1.82, 2.24) is 4.57 Å². The van der Waals surface area contributed by atoms with Gasteiger partial charge in [0.2, 0.25) is 0 Å². The standard InChI is InChI=1S/C11H7N3O5/c15-11-9(13(16)17)6-12(7-10(11)14(18)19)8-4-2-1-3-5-8/h1-7H. The minimum Gasteiger partial charge on any atom is -0.310 e. The maximum absolute atomic E-state index is 11.5. The Kier molecular flexibility index (Phi) is 3.06. The van der Waals surface area contributed by atoms with Crippen LogP contribution in [0.4, 0.5) is 11.4 Å². The van der Waals surface area contributed by atoms with Gasteiger partial charge in [0.25, 0.3) is 0 Å². The summed E-state index contributed by atoms with van der Waals surface area (Å²) in [6.07, 6.45) is 1.93. The van der Waals surface area contributed by atoms with Gasteiger partial charge in [0.1, 0.15) is 0 Å². The average Bonchev–Trinajstić information content (AvgIpc) is 2.39. The van der Waals surface area contributed by atoms with E-state index in [2.05, 4.69) is 0 Å². The second-order valence-corrected chi connectivity index (χ2v) is 3.61. The van der Waals surface area contributed by atoms with E-state index in [1.807, 2.05) is 0 Å². The first kappa shape index (κ1) is 12.4. The first-order valence-electron chi connectivity index (χ1n) is 5.11.